The van der Waals surface area contributed by atoms with Crippen LogP contribution in [0.15, 0.2) is 0 Å². The fraction of sp³-hybridized carbons (Fsp3) is 0.875. The van der Waals surface area contributed by atoms with Crippen LogP contribution in [0.25, 0.3) is 0 Å². The van der Waals surface area contributed by atoms with Crippen molar-refractivity contribution in [2.45, 2.75) is 25.3 Å². The molecule has 1 aliphatic heterocycles. The maximum atomic E-state index is 8.24. The van der Waals surface area contributed by atoms with Crippen LogP contribution >= 0.6 is 0 Å². The minimum Gasteiger partial charge on any atom is -0.378 e. The summed E-state index contributed by atoms with van der Waals surface area (Å²) in [7, 11) is 0. The Morgan fingerprint density at radius 2 is 2.27 bits per heavy atom. The number of nitrogens with one attached hydrogen (secondary N) is 1. The van der Waals surface area contributed by atoms with E-state index < -0.39 is 0 Å². The second-order valence-electron chi connectivity index (χ2n) is 2.80. The van der Waals surface area contributed by atoms with Gasteiger partial charge in [0.25, 0.3) is 0 Å². The molecule has 0 amide bonds. The van der Waals surface area contributed by atoms with Crippen LogP contribution in [0.2, 0.25) is 0 Å². The summed E-state index contributed by atoms with van der Waals surface area (Å²) in [6.45, 7) is 2.74. The molecule has 0 aromatic heterocycles. The highest BCUT2D eigenvalue weighted by atomic mass is 16.5. The first-order valence-corrected chi connectivity index (χ1v) is 4.11. The molecule has 0 bridgehead atoms. The molecular weight excluding hydrogens is 140 g/mol. The highest BCUT2D eigenvalue weighted by Gasteiger charge is 2.16. The maximum Gasteiger partial charge on any atom is 0.0643 e. The number of nitriles is 1. The molecule has 0 aliphatic carbocycles. The molecule has 1 fully saturated rings. The van der Waals surface area contributed by atoms with Gasteiger partial charge >= 0.3 is 0 Å². The Balaban J connectivity index is 1.77. The van der Waals surface area contributed by atoms with E-state index in [1.807, 2.05) is 0 Å². The molecule has 0 atom stereocenters. The van der Waals surface area contributed by atoms with Crippen LogP contribution in [0.4, 0.5) is 0 Å². The summed E-state index contributed by atoms with van der Waals surface area (Å²) in [5.74, 6) is 0. The third-order valence-corrected chi connectivity index (χ3v) is 1.79. The topological polar surface area (TPSA) is 45.0 Å². The predicted molar refractivity (Wildman–Crippen MR) is 42.1 cm³/mol. The van der Waals surface area contributed by atoms with E-state index in [0.717, 1.165) is 32.6 Å². The monoisotopic (exact) mass is 154 g/mol. The van der Waals surface area contributed by atoms with Crippen molar-refractivity contribution >= 4 is 0 Å². The van der Waals surface area contributed by atoms with Gasteiger partial charge < -0.3 is 10.1 Å². The molecule has 0 radical (unpaired) electrons. The van der Waals surface area contributed by atoms with Crippen molar-refractivity contribution in [2.75, 3.05) is 19.8 Å². The molecule has 0 aromatic rings. The molecular formula is C8H14N2O. The van der Waals surface area contributed by atoms with Crippen LogP contribution in [0, 0.1) is 11.3 Å². The lowest BCUT2D eigenvalue weighted by Crippen LogP contribution is -2.46. The van der Waals surface area contributed by atoms with Gasteiger partial charge in [0, 0.05) is 6.42 Å². The van der Waals surface area contributed by atoms with Crippen molar-refractivity contribution in [3.63, 3.8) is 0 Å². The quantitative estimate of drug-likeness (QED) is 0.592. The molecule has 1 saturated heterocycles. The Morgan fingerprint density at radius 1 is 1.45 bits per heavy atom. The lowest BCUT2D eigenvalue weighted by Gasteiger charge is -2.26. The fourth-order valence-electron chi connectivity index (χ4n) is 0.989. The second kappa shape index (κ2) is 5.11. The van der Waals surface area contributed by atoms with Crippen molar-refractivity contribution < 1.29 is 4.74 Å². The van der Waals surface area contributed by atoms with Crippen LogP contribution < -0.4 is 5.32 Å². The molecule has 0 saturated carbocycles. The van der Waals surface area contributed by atoms with E-state index in [1.54, 1.807) is 0 Å². The van der Waals surface area contributed by atoms with Gasteiger partial charge in [-0.3, -0.25) is 0 Å². The number of ether oxygens (including phenoxy) is 1. The van der Waals surface area contributed by atoms with Gasteiger partial charge in [0.05, 0.1) is 25.3 Å². The van der Waals surface area contributed by atoms with E-state index in [4.69, 9.17) is 10.00 Å². The van der Waals surface area contributed by atoms with Crippen molar-refractivity contribution in [1.82, 2.24) is 5.32 Å². The Bertz CT molecular complexity index is 138. The van der Waals surface area contributed by atoms with Crippen LogP contribution in [-0.2, 0) is 4.74 Å². The normalized spacial score (nSPS) is 17.4. The molecule has 11 heavy (non-hydrogen) atoms. The van der Waals surface area contributed by atoms with Crippen molar-refractivity contribution in [2.24, 2.45) is 0 Å². The number of unbranched alkanes of at least 4 members (excludes halogenated alkanes) is 2. The van der Waals surface area contributed by atoms with E-state index in [1.165, 1.54) is 0 Å². The van der Waals surface area contributed by atoms with E-state index in [9.17, 15) is 0 Å². The van der Waals surface area contributed by atoms with Gasteiger partial charge in [0.1, 0.15) is 0 Å². The molecule has 3 nitrogen and oxygen atoms in total. The van der Waals surface area contributed by atoms with Crippen LogP contribution in [-0.4, -0.2) is 25.8 Å². The summed E-state index contributed by atoms with van der Waals surface area (Å²) >= 11 is 0. The van der Waals surface area contributed by atoms with Gasteiger partial charge in [-0.15, -0.1) is 0 Å². The zero-order valence-electron chi connectivity index (χ0n) is 6.68. The summed E-state index contributed by atoms with van der Waals surface area (Å²) in [6, 6.07) is 2.71. The van der Waals surface area contributed by atoms with E-state index in [0.29, 0.717) is 12.5 Å². The van der Waals surface area contributed by atoms with E-state index in [2.05, 4.69) is 11.4 Å². The van der Waals surface area contributed by atoms with Crippen LogP contribution in [0.1, 0.15) is 19.3 Å². The molecule has 1 N–H and O–H groups in total. The standard InChI is InChI=1S/C8H14N2O/c9-4-2-1-3-5-10-8-6-11-7-8/h8,10H,1-3,5-7H2. The van der Waals surface area contributed by atoms with Gasteiger partial charge in [-0.05, 0) is 19.4 Å². The Labute approximate surface area is 67.3 Å². The lowest BCUT2D eigenvalue weighted by molar-refractivity contribution is -0.00494. The summed E-state index contributed by atoms with van der Waals surface area (Å²) in [4.78, 5) is 0. The van der Waals surface area contributed by atoms with E-state index >= 15 is 0 Å². The summed E-state index contributed by atoms with van der Waals surface area (Å²) in [5.41, 5.74) is 0. The van der Waals surface area contributed by atoms with E-state index in [-0.39, 0.29) is 0 Å². The van der Waals surface area contributed by atoms with Gasteiger partial charge in [0.15, 0.2) is 0 Å². The highest BCUT2D eigenvalue weighted by Crippen LogP contribution is 2.00. The highest BCUT2D eigenvalue weighted by molar-refractivity contribution is 4.73. The Hall–Kier alpha value is -0.590. The molecule has 1 aliphatic rings. The largest absolute Gasteiger partial charge is 0.378 e. The predicted octanol–water partition coefficient (Wildman–Crippen LogP) is 0.669. The second-order valence-corrected chi connectivity index (χ2v) is 2.80. The maximum absolute atomic E-state index is 8.24. The fourth-order valence-corrected chi connectivity index (χ4v) is 0.989. The lowest BCUT2D eigenvalue weighted by atomic mass is 10.2. The third kappa shape index (κ3) is 3.35. The van der Waals surface area contributed by atoms with Gasteiger partial charge in [-0.2, -0.15) is 5.26 Å². The van der Waals surface area contributed by atoms with Gasteiger partial charge in [0.2, 0.25) is 0 Å². The summed E-state index contributed by atoms with van der Waals surface area (Å²) in [5, 5.41) is 11.6. The number of rotatable bonds is 5. The minimum absolute atomic E-state index is 0.581. The molecule has 1 heterocycles. The van der Waals surface area contributed by atoms with Gasteiger partial charge in [-0.1, -0.05) is 0 Å². The first kappa shape index (κ1) is 8.51. The third-order valence-electron chi connectivity index (χ3n) is 1.79. The Morgan fingerprint density at radius 3 is 2.82 bits per heavy atom. The molecule has 0 aromatic carbocycles. The average molecular weight is 154 g/mol. The first-order valence-electron chi connectivity index (χ1n) is 4.11. The zero-order chi connectivity index (χ0) is 7.94. The van der Waals surface area contributed by atoms with Crippen molar-refractivity contribution in [3.8, 4) is 6.07 Å². The SMILES string of the molecule is N#CCCCCNC1COC1. The van der Waals surface area contributed by atoms with Crippen molar-refractivity contribution in [1.29, 1.82) is 5.26 Å². The van der Waals surface area contributed by atoms with Crippen LogP contribution in [0.3, 0.4) is 0 Å². The molecule has 3 heteroatoms. The van der Waals surface area contributed by atoms with Crippen molar-refractivity contribution in [3.05, 3.63) is 0 Å². The number of nitrogens with zero attached hydrogens (tertiary/aromatic N) is 1. The smallest absolute Gasteiger partial charge is 0.0643 e. The van der Waals surface area contributed by atoms with Gasteiger partial charge in [-0.25, -0.2) is 0 Å². The summed E-state index contributed by atoms with van der Waals surface area (Å²) < 4.78 is 5.00. The summed E-state index contributed by atoms with van der Waals surface area (Å²) in [6.07, 6.45) is 2.80. The van der Waals surface area contributed by atoms with Crippen LogP contribution in [0.5, 0.6) is 0 Å². The molecule has 1 rings (SSSR count). The molecule has 62 valence electrons. The number of hydrogen-bond acceptors (Lipinski definition) is 3. The average Bonchev–Trinajstić information content (AvgIpc) is 1.93. The zero-order valence-corrected chi connectivity index (χ0v) is 6.68. The minimum atomic E-state index is 0.581. The molecule has 0 spiro atoms. The molecule has 0 unspecified atom stereocenters. The first-order chi connectivity index (χ1) is 5.43. The Kier molecular flexibility index (Phi) is 3.95. The number of hydrogen-bond donors (Lipinski definition) is 1.